The minimum atomic E-state index is -4.11. The van der Waals surface area contributed by atoms with Crippen LogP contribution >= 0.6 is 11.6 Å². The van der Waals surface area contributed by atoms with Gasteiger partial charge in [0.2, 0.25) is 11.8 Å². The smallest absolute Gasteiger partial charge is 0.264 e. The minimum Gasteiger partial charge on any atom is -0.352 e. The quantitative estimate of drug-likeness (QED) is 0.377. The third-order valence-corrected chi connectivity index (χ3v) is 8.28. The van der Waals surface area contributed by atoms with Crippen LogP contribution in [0.15, 0.2) is 77.7 Å². The number of amides is 2. The highest BCUT2D eigenvalue weighted by atomic mass is 35.5. The molecule has 0 fully saturated rings. The molecule has 38 heavy (non-hydrogen) atoms. The molecule has 0 radical (unpaired) electrons. The summed E-state index contributed by atoms with van der Waals surface area (Å²) in [6, 6.07) is 19.5. The van der Waals surface area contributed by atoms with Crippen LogP contribution in [0, 0.1) is 13.8 Å². The van der Waals surface area contributed by atoms with Crippen molar-refractivity contribution in [2.75, 3.05) is 10.8 Å². The van der Waals surface area contributed by atoms with Crippen LogP contribution in [0.4, 0.5) is 5.69 Å². The minimum absolute atomic E-state index is 0.0389. The Labute approximate surface area is 230 Å². The van der Waals surface area contributed by atoms with E-state index >= 15 is 0 Å². The number of nitrogens with zero attached hydrogens (tertiary/aromatic N) is 2. The van der Waals surface area contributed by atoms with Crippen LogP contribution in [0.25, 0.3) is 0 Å². The summed E-state index contributed by atoms with van der Waals surface area (Å²) in [4.78, 5) is 28.4. The van der Waals surface area contributed by atoms with E-state index in [1.54, 1.807) is 62.4 Å². The van der Waals surface area contributed by atoms with Crippen molar-refractivity contribution in [3.63, 3.8) is 0 Å². The Morgan fingerprint density at radius 2 is 1.55 bits per heavy atom. The van der Waals surface area contributed by atoms with E-state index in [1.807, 2.05) is 32.9 Å². The summed E-state index contributed by atoms with van der Waals surface area (Å²) >= 11 is 6.39. The van der Waals surface area contributed by atoms with Crippen LogP contribution in [-0.4, -0.2) is 43.8 Å². The van der Waals surface area contributed by atoms with Crippen LogP contribution in [0.1, 0.15) is 37.5 Å². The third kappa shape index (κ3) is 6.94. The number of hydrogen-bond acceptors (Lipinski definition) is 4. The van der Waals surface area contributed by atoms with Gasteiger partial charge in [-0.3, -0.25) is 13.9 Å². The monoisotopic (exact) mass is 555 g/mol. The van der Waals surface area contributed by atoms with E-state index < -0.39 is 28.5 Å². The number of hydrogen-bond donors (Lipinski definition) is 1. The molecule has 202 valence electrons. The normalized spacial score (nSPS) is 12.2. The summed E-state index contributed by atoms with van der Waals surface area (Å²) in [5.74, 6) is -0.874. The Balaban J connectivity index is 2.08. The highest BCUT2D eigenvalue weighted by Gasteiger charge is 2.33. The molecule has 7 nitrogen and oxygen atoms in total. The van der Waals surface area contributed by atoms with Crippen LogP contribution < -0.4 is 9.62 Å². The molecule has 0 spiro atoms. The molecule has 0 bridgehead atoms. The van der Waals surface area contributed by atoms with E-state index in [4.69, 9.17) is 11.6 Å². The third-order valence-electron chi connectivity index (χ3n) is 6.14. The number of nitrogens with one attached hydrogen (secondary N) is 1. The number of sulfonamides is 1. The Morgan fingerprint density at radius 3 is 2.18 bits per heavy atom. The number of aryl methyl sites for hydroxylation is 2. The molecule has 0 aliphatic rings. The lowest BCUT2D eigenvalue weighted by atomic mass is 10.1. The number of benzene rings is 3. The van der Waals surface area contributed by atoms with Crippen molar-refractivity contribution in [2.24, 2.45) is 0 Å². The van der Waals surface area contributed by atoms with Crippen molar-refractivity contribution < 1.29 is 18.0 Å². The molecule has 0 heterocycles. The molecule has 1 N–H and O–H groups in total. The predicted molar refractivity (Wildman–Crippen MR) is 152 cm³/mol. The fraction of sp³-hybridized carbons (Fsp3) is 0.310. The lowest BCUT2D eigenvalue weighted by Crippen LogP contribution is -2.52. The van der Waals surface area contributed by atoms with Gasteiger partial charge in [-0.05, 0) is 75.6 Å². The van der Waals surface area contributed by atoms with E-state index in [-0.39, 0.29) is 23.4 Å². The molecule has 1 atom stereocenters. The van der Waals surface area contributed by atoms with Crippen molar-refractivity contribution in [3.05, 3.63) is 94.5 Å². The molecule has 2 amide bonds. The van der Waals surface area contributed by atoms with Gasteiger partial charge in [0.15, 0.2) is 0 Å². The van der Waals surface area contributed by atoms with Gasteiger partial charge in [-0.1, -0.05) is 60.1 Å². The summed E-state index contributed by atoms with van der Waals surface area (Å²) < 4.78 is 28.9. The van der Waals surface area contributed by atoms with Crippen molar-refractivity contribution in [2.45, 2.75) is 58.1 Å². The number of carbonyl (C=O) groups is 2. The zero-order valence-electron chi connectivity index (χ0n) is 22.3. The van der Waals surface area contributed by atoms with E-state index in [0.29, 0.717) is 21.8 Å². The SMILES string of the molecule is Cc1ccc(C)c(N(CC(=O)N(Cc2ccccc2Cl)[C@@H](C)C(=O)NC(C)C)S(=O)(=O)c2ccccc2)c1. The molecule has 0 aromatic heterocycles. The molecule has 3 aromatic rings. The Hall–Kier alpha value is -3.36. The molecule has 0 aliphatic heterocycles. The van der Waals surface area contributed by atoms with Crippen molar-refractivity contribution >= 4 is 39.1 Å². The van der Waals surface area contributed by atoms with Gasteiger partial charge in [0.05, 0.1) is 10.6 Å². The Kier molecular flexibility index (Phi) is 9.57. The van der Waals surface area contributed by atoms with Gasteiger partial charge in [0, 0.05) is 17.6 Å². The van der Waals surface area contributed by atoms with Crippen LogP contribution in [0.2, 0.25) is 5.02 Å². The molecule has 3 aromatic carbocycles. The number of carbonyl (C=O) groups excluding carboxylic acids is 2. The molecule has 0 unspecified atom stereocenters. The lowest BCUT2D eigenvalue weighted by Gasteiger charge is -2.33. The molecule has 0 saturated heterocycles. The molecule has 3 rings (SSSR count). The average Bonchev–Trinajstić information content (AvgIpc) is 2.88. The highest BCUT2D eigenvalue weighted by Crippen LogP contribution is 2.29. The lowest BCUT2D eigenvalue weighted by molar-refractivity contribution is -0.139. The van der Waals surface area contributed by atoms with Gasteiger partial charge >= 0.3 is 0 Å². The van der Waals surface area contributed by atoms with Crippen molar-refractivity contribution in [1.29, 1.82) is 0 Å². The van der Waals surface area contributed by atoms with Crippen molar-refractivity contribution in [1.82, 2.24) is 10.2 Å². The summed E-state index contributed by atoms with van der Waals surface area (Å²) in [6.07, 6.45) is 0. The zero-order valence-corrected chi connectivity index (χ0v) is 23.9. The van der Waals surface area contributed by atoms with Gasteiger partial charge in [0.25, 0.3) is 10.0 Å². The molecule has 9 heteroatoms. The van der Waals surface area contributed by atoms with Gasteiger partial charge in [-0.25, -0.2) is 8.42 Å². The number of anilines is 1. The van der Waals surface area contributed by atoms with Crippen LogP contribution in [-0.2, 0) is 26.2 Å². The zero-order chi connectivity index (χ0) is 28.0. The van der Waals surface area contributed by atoms with Gasteiger partial charge in [0.1, 0.15) is 12.6 Å². The number of halogens is 1. The first kappa shape index (κ1) is 29.2. The molecule has 0 saturated carbocycles. The highest BCUT2D eigenvalue weighted by molar-refractivity contribution is 7.92. The van der Waals surface area contributed by atoms with Gasteiger partial charge in [-0.15, -0.1) is 0 Å². The summed E-state index contributed by atoms with van der Waals surface area (Å²) in [7, 11) is -4.11. The first-order chi connectivity index (χ1) is 17.9. The van der Waals surface area contributed by atoms with E-state index in [1.165, 1.54) is 17.0 Å². The maximum Gasteiger partial charge on any atom is 0.264 e. The first-order valence-electron chi connectivity index (χ1n) is 12.4. The Morgan fingerprint density at radius 1 is 0.921 bits per heavy atom. The standard InChI is InChI=1S/C29H34ClN3O4S/c1-20(2)31-29(35)23(5)32(18-24-11-9-10-14-26(24)30)28(34)19-33(27-17-21(3)15-16-22(27)4)38(36,37)25-12-7-6-8-13-25/h6-17,20,23H,18-19H2,1-5H3,(H,31,35)/t23-/m0/s1. The Bertz CT molecular complexity index is 1390. The largest absolute Gasteiger partial charge is 0.352 e. The van der Waals surface area contributed by atoms with E-state index in [0.717, 1.165) is 9.87 Å². The van der Waals surface area contributed by atoms with Gasteiger partial charge < -0.3 is 10.2 Å². The second-order valence-electron chi connectivity index (χ2n) is 9.57. The fourth-order valence-electron chi connectivity index (χ4n) is 4.02. The maximum atomic E-state index is 13.9. The fourth-order valence-corrected chi connectivity index (χ4v) is 5.71. The summed E-state index contributed by atoms with van der Waals surface area (Å²) in [5.41, 5.74) is 2.60. The van der Waals surface area contributed by atoms with Crippen LogP contribution in [0.3, 0.4) is 0 Å². The van der Waals surface area contributed by atoms with Crippen molar-refractivity contribution in [3.8, 4) is 0 Å². The maximum absolute atomic E-state index is 13.9. The number of rotatable bonds is 10. The van der Waals surface area contributed by atoms with E-state index in [2.05, 4.69) is 5.32 Å². The molecule has 0 aliphatic carbocycles. The second kappa shape index (κ2) is 12.5. The van der Waals surface area contributed by atoms with Crippen LogP contribution in [0.5, 0.6) is 0 Å². The molecular formula is C29H34ClN3O4S. The first-order valence-corrected chi connectivity index (χ1v) is 14.2. The average molecular weight is 556 g/mol. The molecular weight excluding hydrogens is 522 g/mol. The topological polar surface area (TPSA) is 86.8 Å². The summed E-state index contributed by atoms with van der Waals surface area (Å²) in [6.45, 7) is 8.50. The predicted octanol–water partition coefficient (Wildman–Crippen LogP) is 5.09. The second-order valence-corrected chi connectivity index (χ2v) is 11.8. The van der Waals surface area contributed by atoms with E-state index in [9.17, 15) is 18.0 Å². The van der Waals surface area contributed by atoms with Gasteiger partial charge in [-0.2, -0.15) is 0 Å². The summed E-state index contributed by atoms with van der Waals surface area (Å²) in [5, 5.41) is 3.29.